The first-order valence-electron chi connectivity index (χ1n) is 7.27. The summed E-state index contributed by atoms with van der Waals surface area (Å²) in [4.78, 5) is 18.3. The molecule has 1 heterocycles. The zero-order chi connectivity index (χ0) is 14.8. The molecule has 6 heteroatoms. The van der Waals surface area contributed by atoms with Gasteiger partial charge in [-0.1, -0.05) is 26.2 Å². The number of unbranched alkanes of at least 4 members (excludes halogenated alkanes) is 3. The summed E-state index contributed by atoms with van der Waals surface area (Å²) >= 11 is 1.47. The number of carbonyl (C=O) groups excluding carboxylic acids is 1. The van der Waals surface area contributed by atoms with Gasteiger partial charge in [0.05, 0.1) is 11.6 Å². The second kappa shape index (κ2) is 9.85. The summed E-state index contributed by atoms with van der Waals surface area (Å²) in [6.45, 7) is 3.74. The van der Waals surface area contributed by atoms with E-state index in [-0.39, 0.29) is 12.5 Å². The van der Waals surface area contributed by atoms with E-state index in [1.54, 1.807) is 10.3 Å². The molecule has 0 unspecified atom stereocenters. The molecule has 5 nitrogen and oxygen atoms in total. The van der Waals surface area contributed by atoms with E-state index in [1.165, 1.54) is 24.2 Å². The van der Waals surface area contributed by atoms with Gasteiger partial charge in [0.25, 0.3) is 5.91 Å². The van der Waals surface area contributed by atoms with E-state index in [0.717, 1.165) is 17.8 Å². The molecule has 0 atom stereocenters. The summed E-state index contributed by atoms with van der Waals surface area (Å²) in [7, 11) is 0. The third kappa shape index (κ3) is 5.56. The molecule has 0 saturated carbocycles. The molecule has 1 amide bonds. The number of amides is 1. The van der Waals surface area contributed by atoms with Gasteiger partial charge in [0, 0.05) is 24.9 Å². The van der Waals surface area contributed by atoms with Gasteiger partial charge in [-0.2, -0.15) is 0 Å². The van der Waals surface area contributed by atoms with Gasteiger partial charge in [0.15, 0.2) is 0 Å². The third-order valence-corrected chi connectivity index (χ3v) is 3.98. The Bertz CT molecular complexity index is 396. The van der Waals surface area contributed by atoms with Gasteiger partial charge in [-0.05, 0) is 13.0 Å². The number of thiazole rings is 1. The van der Waals surface area contributed by atoms with Crippen molar-refractivity contribution in [1.29, 1.82) is 0 Å². The van der Waals surface area contributed by atoms with Gasteiger partial charge >= 0.3 is 0 Å². The number of aliphatic hydroxyl groups is 1. The van der Waals surface area contributed by atoms with Crippen LogP contribution >= 0.6 is 11.3 Å². The molecule has 0 saturated heterocycles. The fourth-order valence-electron chi connectivity index (χ4n) is 1.97. The molecule has 0 fully saturated rings. The Labute approximate surface area is 124 Å². The van der Waals surface area contributed by atoms with Gasteiger partial charge in [0.1, 0.15) is 5.69 Å². The van der Waals surface area contributed by atoms with E-state index in [2.05, 4.69) is 11.9 Å². The number of nitrogens with zero attached hydrogens (tertiary/aromatic N) is 2. The smallest absolute Gasteiger partial charge is 0.273 e. The number of nitrogens with two attached hydrogens (primary N) is 1. The van der Waals surface area contributed by atoms with Crippen molar-refractivity contribution >= 4 is 17.2 Å². The van der Waals surface area contributed by atoms with Crippen LogP contribution in [0.5, 0.6) is 0 Å². The van der Waals surface area contributed by atoms with Crippen molar-refractivity contribution in [3.05, 3.63) is 16.1 Å². The van der Waals surface area contributed by atoms with Crippen molar-refractivity contribution in [1.82, 2.24) is 9.88 Å². The Morgan fingerprint density at radius 3 is 2.85 bits per heavy atom. The minimum Gasteiger partial charge on any atom is -0.395 e. The van der Waals surface area contributed by atoms with E-state index < -0.39 is 0 Å². The SMILES string of the molecule is CCCCCCN(CCO)C(=O)c1csc(CCN)n1. The second-order valence-electron chi connectivity index (χ2n) is 4.74. The lowest BCUT2D eigenvalue weighted by Crippen LogP contribution is -2.34. The van der Waals surface area contributed by atoms with Gasteiger partial charge in [-0.3, -0.25) is 4.79 Å². The Balaban J connectivity index is 2.57. The summed E-state index contributed by atoms with van der Waals surface area (Å²) in [5.41, 5.74) is 5.96. The Hall–Kier alpha value is -0.980. The lowest BCUT2D eigenvalue weighted by molar-refractivity contribution is 0.0713. The van der Waals surface area contributed by atoms with E-state index in [0.29, 0.717) is 31.7 Å². The predicted molar refractivity (Wildman–Crippen MR) is 82.0 cm³/mol. The highest BCUT2D eigenvalue weighted by Crippen LogP contribution is 2.13. The van der Waals surface area contributed by atoms with Crippen molar-refractivity contribution < 1.29 is 9.90 Å². The van der Waals surface area contributed by atoms with Crippen LogP contribution in [0, 0.1) is 0 Å². The van der Waals surface area contributed by atoms with Crippen molar-refractivity contribution in [3.63, 3.8) is 0 Å². The minimum atomic E-state index is -0.0879. The fourth-order valence-corrected chi connectivity index (χ4v) is 2.76. The number of carbonyl (C=O) groups is 1. The summed E-state index contributed by atoms with van der Waals surface area (Å²) in [5.74, 6) is -0.0879. The van der Waals surface area contributed by atoms with Crippen LogP contribution in [0.3, 0.4) is 0 Å². The van der Waals surface area contributed by atoms with Crippen LogP contribution in [0.4, 0.5) is 0 Å². The molecule has 20 heavy (non-hydrogen) atoms. The molecule has 3 N–H and O–H groups in total. The average Bonchev–Trinajstić information content (AvgIpc) is 2.90. The molecule has 0 aliphatic rings. The van der Waals surface area contributed by atoms with Gasteiger partial charge in [-0.15, -0.1) is 11.3 Å². The summed E-state index contributed by atoms with van der Waals surface area (Å²) < 4.78 is 0. The standard InChI is InChI=1S/C14H25N3O2S/c1-2-3-4-5-8-17(9-10-18)14(19)12-11-20-13(16-12)6-7-15/h11,18H,2-10,15H2,1H3. The zero-order valence-electron chi connectivity index (χ0n) is 12.2. The topological polar surface area (TPSA) is 79.5 Å². The molecule has 1 rings (SSSR count). The maximum Gasteiger partial charge on any atom is 0.273 e. The van der Waals surface area contributed by atoms with Crippen LogP contribution in [0.1, 0.15) is 48.1 Å². The first-order chi connectivity index (χ1) is 9.72. The maximum absolute atomic E-state index is 12.3. The molecule has 0 aliphatic carbocycles. The number of hydrogen-bond donors (Lipinski definition) is 2. The molecule has 114 valence electrons. The van der Waals surface area contributed by atoms with Crippen LogP contribution in [0.2, 0.25) is 0 Å². The van der Waals surface area contributed by atoms with Gasteiger partial charge in [0.2, 0.25) is 0 Å². The van der Waals surface area contributed by atoms with Crippen LogP contribution in [0.25, 0.3) is 0 Å². The highest BCUT2D eigenvalue weighted by Gasteiger charge is 2.17. The second-order valence-corrected chi connectivity index (χ2v) is 5.68. The summed E-state index contributed by atoms with van der Waals surface area (Å²) in [6, 6.07) is 0. The van der Waals surface area contributed by atoms with Crippen molar-refractivity contribution in [2.75, 3.05) is 26.2 Å². The predicted octanol–water partition coefficient (Wildman–Crippen LogP) is 1.66. The molecule has 1 aromatic rings. The minimum absolute atomic E-state index is 0.0146. The Kier molecular flexibility index (Phi) is 8.41. The van der Waals surface area contributed by atoms with Crippen LogP contribution in [-0.2, 0) is 6.42 Å². The maximum atomic E-state index is 12.3. The molecule has 0 spiro atoms. The normalized spacial score (nSPS) is 10.8. The zero-order valence-corrected chi connectivity index (χ0v) is 13.0. The molecular formula is C14H25N3O2S. The van der Waals surface area contributed by atoms with Crippen LogP contribution < -0.4 is 5.73 Å². The number of rotatable bonds is 10. The number of aliphatic hydroxyl groups excluding tert-OH is 1. The molecule has 0 radical (unpaired) electrons. The lowest BCUT2D eigenvalue weighted by Gasteiger charge is -2.20. The Morgan fingerprint density at radius 1 is 1.40 bits per heavy atom. The van der Waals surface area contributed by atoms with E-state index >= 15 is 0 Å². The lowest BCUT2D eigenvalue weighted by atomic mass is 10.2. The Morgan fingerprint density at radius 2 is 2.20 bits per heavy atom. The van der Waals surface area contributed by atoms with Crippen molar-refractivity contribution in [3.8, 4) is 0 Å². The molecular weight excluding hydrogens is 274 g/mol. The molecule has 0 aliphatic heterocycles. The molecule has 0 aromatic carbocycles. The largest absolute Gasteiger partial charge is 0.395 e. The summed E-state index contributed by atoms with van der Waals surface area (Å²) in [6.07, 6.45) is 5.13. The van der Waals surface area contributed by atoms with Gasteiger partial charge < -0.3 is 15.7 Å². The molecule has 0 bridgehead atoms. The fraction of sp³-hybridized carbons (Fsp3) is 0.714. The van der Waals surface area contributed by atoms with E-state index in [1.807, 2.05) is 0 Å². The number of aromatic nitrogens is 1. The highest BCUT2D eigenvalue weighted by atomic mass is 32.1. The number of hydrogen-bond acceptors (Lipinski definition) is 5. The van der Waals surface area contributed by atoms with E-state index in [9.17, 15) is 4.79 Å². The van der Waals surface area contributed by atoms with Crippen LogP contribution in [-0.4, -0.2) is 47.1 Å². The van der Waals surface area contributed by atoms with Crippen molar-refractivity contribution in [2.24, 2.45) is 5.73 Å². The third-order valence-electron chi connectivity index (χ3n) is 3.07. The summed E-state index contributed by atoms with van der Waals surface area (Å²) in [5, 5.41) is 11.8. The van der Waals surface area contributed by atoms with Crippen LogP contribution in [0.15, 0.2) is 5.38 Å². The first-order valence-corrected chi connectivity index (χ1v) is 8.15. The first kappa shape index (κ1) is 17.1. The quantitative estimate of drug-likeness (QED) is 0.644. The van der Waals surface area contributed by atoms with E-state index in [4.69, 9.17) is 10.8 Å². The highest BCUT2D eigenvalue weighted by molar-refractivity contribution is 7.09. The average molecular weight is 299 g/mol. The monoisotopic (exact) mass is 299 g/mol. The van der Waals surface area contributed by atoms with Crippen molar-refractivity contribution in [2.45, 2.75) is 39.0 Å². The van der Waals surface area contributed by atoms with Gasteiger partial charge in [-0.25, -0.2) is 4.98 Å². The molecule has 1 aromatic heterocycles.